The van der Waals surface area contributed by atoms with Gasteiger partial charge >= 0.3 is 5.76 Å². The van der Waals surface area contributed by atoms with Crippen LogP contribution in [0.1, 0.15) is 22.6 Å². The molecule has 1 aromatic heterocycles. The van der Waals surface area contributed by atoms with E-state index in [1.165, 1.54) is 23.1 Å². The average molecular weight is 397 g/mol. The summed E-state index contributed by atoms with van der Waals surface area (Å²) in [6.45, 7) is 2.24. The number of nitrogens with zero attached hydrogens (tertiary/aromatic N) is 3. The van der Waals surface area contributed by atoms with Crippen LogP contribution in [0.4, 0.5) is 8.78 Å². The number of aryl methyl sites for hydroxylation is 1. The highest BCUT2D eigenvalue weighted by Crippen LogP contribution is 2.25. The Hall–Kier alpha value is -2.62. The molecular weight excluding hydrogens is 380 g/mol. The summed E-state index contributed by atoms with van der Waals surface area (Å²) in [4.78, 5) is 21.5. The molecule has 1 saturated heterocycles. The molecule has 0 unspecified atom stereocenters. The number of halogens is 2. The molecule has 0 bridgehead atoms. The molecule has 1 fully saturated rings. The van der Waals surface area contributed by atoms with E-state index in [-0.39, 0.29) is 18.2 Å². The first-order valence-corrected chi connectivity index (χ1v) is 9.70. The zero-order valence-electron chi connectivity index (χ0n) is 14.4. The van der Waals surface area contributed by atoms with E-state index in [4.69, 9.17) is 4.74 Å². The third-order valence-electron chi connectivity index (χ3n) is 4.13. The van der Waals surface area contributed by atoms with E-state index in [1.807, 2.05) is 0 Å². The number of sulfone groups is 1. The highest BCUT2D eigenvalue weighted by Gasteiger charge is 2.34. The van der Waals surface area contributed by atoms with Gasteiger partial charge in [0.2, 0.25) is 15.7 Å². The molecule has 0 aliphatic carbocycles. The molecule has 7 nitrogen and oxygen atoms in total. The minimum atomic E-state index is -4.88. The second-order valence-corrected chi connectivity index (χ2v) is 7.91. The molecule has 0 N–H and O–H groups in total. The number of rotatable bonds is 5. The largest absolute Gasteiger partial charge is 0.472 e. The van der Waals surface area contributed by atoms with Gasteiger partial charge in [0.1, 0.15) is 11.9 Å². The maximum Gasteiger partial charge on any atom is 0.341 e. The Morgan fingerprint density at radius 1 is 1.30 bits per heavy atom. The number of benzene rings is 1. The Morgan fingerprint density at radius 2 is 2.04 bits per heavy atom. The van der Waals surface area contributed by atoms with Crippen molar-refractivity contribution >= 4 is 15.7 Å². The van der Waals surface area contributed by atoms with Gasteiger partial charge in [-0.25, -0.2) is 13.4 Å². The topological polar surface area (TPSA) is 89.5 Å². The van der Waals surface area contributed by atoms with Gasteiger partial charge in [0.05, 0.1) is 17.0 Å². The lowest BCUT2D eigenvalue weighted by molar-refractivity contribution is 0.0767. The Morgan fingerprint density at radius 3 is 2.74 bits per heavy atom. The first-order chi connectivity index (χ1) is 12.8. The standard InChI is InChI=1S/C17H17F2N3O4S/c1-11-20-8-6-15(21-11)26-12-7-9-22(10-12)16(23)13-4-2-3-5-14(13)27(24,25)17(18)19/h2-6,8,12,17H,7,9-10H2,1H3/t12-/m1/s1. The number of ether oxygens (including phenoxy) is 1. The number of aromatic nitrogens is 2. The zero-order chi connectivity index (χ0) is 19.6. The van der Waals surface area contributed by atoms with Crippen LogP contribution >= 0.6 is 0 Å². The smallest absolute Gasteiger partial charge is 0.341 e. The lowest BCUT2D eigenvalue weighted by atomic mass is 10.2. The number of alkyl halides is 2. The Bertz CT molecular complexity index is 953. The fourth-order valence-corrected chi connectivity index (χ4v) is 3.76. The van der Waals surface area contributed by atoms with Gasteiger partial charge in [0.25, 0.3) is 5.91 Å². The van der Waals surface area contributed by atoms with Gasteiger partial charge in [0, 0.05) is 25.2 Å². The van der Waals surface area contributed by atoms with Crippen LogP contribution in [0.3, 0.4) is 0 Å². The number of carbonyl (C=O) groups excluding carboxylic acids is 1. The molecule has 1 atom stereocenters. The van der Waals surface area contributed by atoms with Gasteiger partial charge in [-0.3, -0.25) is 4.79 Å². The molecule has 1 amide bonds. The fourth-order valence-electron chi connectivity index (χ4n) is 2.84. The Labute approximate surface area is 154 Å². The summed E-state index contributed by atoms with van der Waals surface area (Å²) in [5.41, 5.74) is -0.267. The van der Waals surface area contributed by atoms with Crippen molar-refractivity contribution in [1.29, 1.82) is 0 Å². The summed E-state index contributed by atoms with van der Waals surface area (Å²) in [5.74, 6) is -3.30. The van der Waals surface area contributed by atoms with E-state index in [0.29, 0.717) is 24.7 Å². The molecule has 1 aliphatic heterocycles. The number of hydrogen-bond acceptors (Lipinski definition) is 6. The highest BCUT2D eigenvalue weighted by molar-refractivity contribution is 7.91. The van der Waals surface area contributed by atoms with Gasteiger partial charge in [-0.15, -0.1) is 0 Å². The first kappa shape index (κ1) is 19.2. The van der Waals surface area contributed by atoms with Gasteiger partial charge < -0.3 is 9.64 Å². The van der Waals surface area contributed by atoms with E-state index < -0.39 is 26.4 Å². The highest BCUT2D eigenvalue weighted by atomic mass is 32.2. The van der Waals surface area contributed by atoms with Crippen molar-refractivity contribution in [2.75, 3.05) is 13.1 Å². The molecule has 3 rings (SSSR count). The fraction of sp³-hybridized carbons (Fsp3) is 0.353. The Kier molecular flexibility index (Phi) is 5.36. The van der Waals surface area contributed by atoms with E-state index >= 15 is 0 Å². The van der Waals surface area contributed by atoms with Crippen LogP contribution < -0.4 is 4.74 Å². The van der Waals surface area contributed by atoms with Crippen LogP contribution in [0, 0.1) is 6.92 Å². The third-order valence-corrected chi connectivity index (χ3v) is 5.57. The summed E-state index contributed by atoms with van der Waals surface area (Å²) in [6, 6.07) is 6.59. The normalized spacial score (nSPS) is 17.3. The molecule has 1 aromatic carbocycles. The lowest BCUT2D eigenvalue weighted by Crippen LogP contribution is -2.32. The van der Waals surface area contributed by atoms with Crippen LogP contribution in [0.25, 0.3) is 0 Å². The van der Waals surface area contributed by atoms with E-state index in [9.17, 15) is 22.0 Å². The van der Waals surface area contributed by atoms with Crippen molar-refractivity contribution in [3.63, 3.8) is 0 Å². The summed E-state index contributed by atoms with van der Waals surface area (Å²) in [5, 5.41) is 0. The van der Waals surface area contributed by atoms with Crippen molar-refractivity contribution in [3.8, 4) is 5.88 Å². The molecule has 144 valence electrons. The van der Waals surface area contributed by atoms with Gasteiger partial charge in [-0.05, 0) is 19.1 Å². The zero-order valence-corrected chi connectivity index (χ0v) is 15.2. The molecule has 27 heavy (non-hydrogen) atoms. The van der Waals surface area contributed by atoms with Gasteiger partial charge in [-0.2, -0.15) is 13.8 Å². The summed E-state index contributed by atoms with van der Waals surface area (Å²) in [6.07, 6.45) is 1.74. The number of carbonyl (C=O) groups is 1. The van der Waals surface area contributed by atoms with Crippen molar-refractivity contribution in [3.05, 3.63) is 47.9 Å². The van der Waals surface area contributed by atoms with Crippen molar-refractivity contribution in [1.82, 2.24) is 14.9 Å². The van der Waals surface area contributed by atoms with E-state index in [1.54, 1.807) is 19.2 Å². The van der Waals surface area contributed by atoms with Crippen molar-refractivity contribution in [2.24, 2.45) is 0 Å². The van der Waals surface area contributed by atoms with E-state index in [2.05, 4.69) is 9.97 Å². The minimum Gasteiger partial charge on any atom is -0.472 e. The lowest BCUT2D eigenvalue weighted by Gasteiger charge is -2.18. The molecule has 0 radical (unpaired) electrons. The SMILES string of the molecule is Cc1nccc(O[C@@H]2CCN(C(=O)c3ccccc3S(=O)(=O)C(F)F)C2)n1. The summed E-state index contributed by atoms with van der Waals surface area (Å²) in [7, 11) is -4.88. The van der Waals surface area contributed by atoms with Crippen LogP contribution in [0.2, 0.25) is 0 Å². The van der Waals surface area contributed by atoms with Crippen molar-refractivity contribution in [2.45, 2.75) is 30.1 Å². The van der Waals surface area contributed by atoms with Gasteiger partial charge in [-0.1, -0.05) is 12.1 Å². The molecule has 1 aliphatic rings. The number of likely N-dealkylation sites (tertiary alicyclic amines) is 1. The second kappa shape index (κ2) is 7.55. The van der Waals surface area contributed by atoms with E-state index in [0.717, 1.165) is 6.07 Å². The molecule has 10 heteroatoms. The molecule has 0 spiro atoms. The minimum absolute atomic E-state index is 0.199. The predicted molar refractivity (Wildman–Crippen MR) is 91.3 cm³/mol. The number of amides is 1. The number of hydrogen-bond donors (Lipinski definition) is 0. The van der Waals surface area contributed by atoms with Gasteiger partial charge in [0.15, 0.2) is 0 Å². The van der Waals surface area contributed by atoms with Crippen LogP contribution in [0.15, 0.2) is 41.4 Å². The predicted octanol–water partition coefficient (Wildman–Crippen LogP) is 2.07. The Balaban J connectivity index is 1.76. The maximum atomic E-state index is 12.9. The van der Waals surface area contributed by atoms with Crippen molar-refractivity contribution < 1.29 is 26.7 Å². The molecule has 2 aromatic rings. The quantitative estimate of drug-likeness (QED) is 0.767. The summed E-state index contributed by atoms with van der Waals surface area (Å²) < 4.78 is 55.2. The van der Waals surface area contributed by atoms with Crippen LogP contribution in [-0.2, 0) is 9.84 Å². The molecule has 0 saturated carbocycles. The molecule has 2 heterocycles. The molecular formula is C17H17F2N3O4S. The second-order valence-electron chi connectivity index (χ2n) is 6.02. The third kappa shape index (κ3) is 4.05. The summed E-state index contributed by atoms with van der Waals surface area (Å²) >= 11 is 0. The average Bonchev–Trinajstić information content (AvgIpc) is 3.09. The monoisotopic (exact) mass is 397 g/mol. The maximum absolute atomic E-state index is 12.9. The van der Waals surface area contributed by atoms with Crippen LogP contribution in [-0.4, -0.2) is 54.1 Å². The first-order valence-electron chi connectivity index (χ1n) is 8.15. The van der Waals surface area contributed by atoms with Crippen LogP contribution in [0.5, 0.6) is 5.88 Å².